The minimum atomic E-state index is -1.31. The molecule has 1 heterocycles. The molecular formula is C22H26NO6-. The summed E-state index contributed by atoms with van der Waals surface area (Å²) in [4.78, 5) is 35.8. The number of nitrogens with one attached hydrogen (secondary N) is 1. The molecule has 0 saturated carbocycles. The van der Waals surface area contributed by atoms with E-state index in [9.17, 15) is 19.5 Å². The summed E-state index contributed by atoms with van der Waals surface area (Å²) in [6.07, 6.45) is 4.49. The fourth-order valence-electron chi connectivity index (χ4n) is 3.70. The number of unbranched alkanes of at least 4 members (excludes halogenated alkanes) is 1. The van der Waals surface area contributed by atoms with Crippen LogP contribution in [0.5, 0.6) is 5.75 Å². The number of carbonyl (C=O) groups excluding carboxylic acids is 2. The number of aliphatic carboxylic acids is 1. The number of carboxylic acid groups (broad SMARTS) is 1. The van der Waals surface area contributed by atoms with Crippen LogP contribution in [0.2, 0.25) is 0 Å². The second-order valence-electron chi connectivity index (χ2n) is 7.49. The molecule has 0 radical (unpaired) electrons. The van der Waals surface area contributed by atoms with Crippen LogP contribution in [-0.4, -0.2) is 24.0 Å². The van der Waals surface area contributed by atoms with Crippen molar-refractivity contribution in [3.63, 3.8) is 0 Å². The number of fused-ring (bicyclic) bond motifs is 3. The van der Waals surface area contributed by atoms with Gasteiger partial charge in [-0.15, -0.1) is 0 Å². The van der Waals surface area contributed by atoms with Gasteiger partial charge in [0.25, 0.3) is 5.91 Å². The number of carboxylic acids is 1. The molecule has 0 fully saturated rings. The largest absolute Gasteiger partial charge is 0.548 e. The molecule has 2 atom stereocenters. The summed E-state index contributed by atoms with van der Waals surface area (Å²) in [5.41, 5.74) is 1.90. The summed E-state index contributed by atoms with van der Waals surface area (Å²) in [5.74, 6) is -1.48. The van der Waals surface area contributed by atoms with Crippen LogP contribution >= 0.6 is 0 Å². The second-order valence-corrected chi connectivity index (χ2v) is 7.49. The van der Waals surface area contributed by atoms with Crippen molar-refractivity contribution in [3.8, 4) is 5.75 Å². The number of benzene rings is 1. The van der Waals surface area contributed by atoms with Gasteiger partial charge in [-0.25, -0.2) is 4.79 Å². The molecule has 0 aliphatic heterocycles. The third kappa shape index (κ3) is 4.78. The van der Waals surface area contributed by atoms with Crippen LogP contribution in [0.25, 0.3) is 11.0 Å². The lowest BCUT2D eigenvalue weighted by atomic mass is 9.91. The molecule has 2 aromatic rings. The Hall–Kier alpha value is -2.83. The van der Waals surface area contributed by atoms with Crippen molar-refractivity contribution in [1.29, 1.82) is 0 Å². The first-order valence-corrected chi connectivity index (χ1v) is 10.2. The van der Waals surface area contributed by atoms with Gasteiger partial charge in [-0.3, -0.25) is 4.79 Å². The van der Waals surface area contributed by atoms with Crippen LogP contribution in [0, 0.1) is 0 Å². The van der Waals surface area contributed by atoms with Gasteiger partial charge in [0.2, 0.25) is 0 Å². The molecule has 1 aliphatic carbocycles. The molecule has 29 heavy (non-hydrogen) atoms. The van der Waals surface area contributed by atoms with Gasteiger partial charge in [-0.1, -0.05) is 19.8 Å². The van der Waals surface area contributed by atoms with Gasteiger partial charge in [-0.05, 0) is 56.7 Å². The van der Waals surface area contributed by atoms with Gasteiger partial charge in [0.1, 0.15) is 11.3 Å². The zero-order chi connectivity index (χ0) is 21.0. The Bertz CT molecular complexity index is 964. The molecule has 156 valence electrons. The SMILES string of the molecule is CCCC[C@H](NC(=O)[C@H](C)Oc1ccc2c3c(c(=O)oc2c1)CCCC3)C(=O)[O-]. The molecule has 1 aliphatic rings. The third-order valence-corrected chi connectivity index (χ3v) is 5.32. The van der Waals surface area contributed by atoms with E-state index in [0.29, 0.717) is 24.2 Å². The van der Waals surface area contributed by atoms with E-state index in [1.165, 1.54) is 6.92 Å². The first-order chi connectivity index (χ1) is 13.9. The smallest absolute Gasteiger partial charge is 0.339 e. The summed E-state index contributed by atoms with van der Waals surface area (Å²) in [6, 6.07) is 4.12. The zero-order valence-electron chi connectivity index (χ0n) is 16.8. The lowest BCUT2D eigenvalue weighted by Crippen LogP contribution is -2.51. The Morgan fingerprint density at radius 3 is 2.66 bits per heavy atom. The lowest BCUT2D eigenvalue weighted by molar-refractivity contribution is -0.308. The van der Waals surface area contributed by atoms with Gasteiger partial charge in [0.05, 0.1) is 12.0 Å². The number of aryl methyl sites for hydroxylation is 1. The molecule has 3 rings (SSSR count). The van der Waals surface area contributed by atoms with Gasteiger partial charge in [0, 0.05) is 17.0 Å². The van der Waals surface area contributed by atoms with E-state index in [1.54, 1.807) is 12.1 Å². The predicted molar refractivity (Wildman–Crippen MR) is 106 cm³/mol. The van der Waals surface area contributed by atoms with E-state index < -0.39 is 24.0 Å². The molecule has 7 heteroatoms. The normalized spacial score (nSPS) is 15.4. The standard InChI is InChI=1S/C22H27NO6/c1-3-4-9-18(21(25)26)23-20(24)13(2)28-14-10-11-16-15-7-5-6-8-17(15)22(27)29-19(16)12-14/h10-13,18H,3-9H2,1-2H3,(H,23,24)(H,25,26)/p-1/t13-,18-/m0/s1. The van der Waals surface area contributed by atoms with E-state index in [1.807, 2.05) is 13.0 Å². The topological polar surface area (TPSA) is 109 Å². The minimum Gasteiger partial charge on any atom is -0.548 e. The van der Waals surface area contributed by atoms with Crippen molar-refractivity contribution < 1.29 is 23.8 Å². The minimum absolute atomic E-state index is 0.309. The highest BCUT2D eigenvalue weighted by Gasteiger charge is 2.21. The molecule has 0 bridgehead atoms. The van der Waals surface area contributed by atoms with Crippen molar-refractivity contribution >= 4 is 22.8 Å². The summed E-state index contributed by atoms with van der Waals surface area (Å²) in [5, 5.41) is 14.6. The molecule has 1 aromatic carbocycles. The molecule has 0 unspecified atom stereocenters. The monoisotopic (exact) mass is 400 g/mol. The van der Waals surface area contributed by atoms with Crippen LogP contribution in [0.3, 0.4) is 0 Å². The van der Waals surface area contributed by atoms with Crippen LogP contribution < -0.4 is 20.8 Å². The average Bonchev–Trinajstić information content (AvgIpc) is 2.70. The molecule has 0 saturated heterocycles. The highest BCUT2D eigenvalue weighted by Crippen LogP contribution is 2.29. The average molecular weight is 400 g/mol. The van der Waals surface area contributed by atoms with Gasteiger partial charge < -0.3 is 24.4 Å². The van der Waals surface area contributed by atoms with E-state index in [-0.39, 0.29) is 5.63 Å². The van der Waals surface area contributed by atoms with E-state index in [2.05, 4.69) is 5.32 Å². The number of rotatable bonds is 8. The van der Waals surface area contributed by atoms with E-state index >= 15 is 0 Å². The van der Waals surface area contributed by atoms with Crippen molar-refractivity contribution in [2.75, 3.05) is 0 Å². The molecule has 1 amide bonds. The van der Waals surface area contributed by atoms with Crippen molar-refractivity contribution in [1.82, 2.24) is 5.32 Å². The fraction of sp³-hybridized carbons (Fsp3) is 0.500. The molecule has 1 aromatic heterocycles. The number of carbonyl (C=O) groups is 2. The predicted octanol–water partition coefficient (Wildman–Crippen LogP) is 1.86. The summed E-state index contributed by atoms with van der Waals surface area (Å²) < 4.78 is 11.1. The van der Waals surface area contributed by atoms with Crippen LogP contribution in [0.15, 0.2) is 27.4 Å². The Morgan fingerprint density at radius 1 is 1.24 bits per heavy atom. The maximum atomic E-state index is 12.3. The molecular weight excluding hydrogens is 374 g/mol. The van der Waals surface area contributed by atoms with E-state index in [4.69, 9.17) is 9.15 Å². The highest BCUT2D eigenvalue weighted by atomic mass is 16.5. The summed E-state index contributed by atoms with van der Waals surface area (Å²) in [6.45, 7) is 3.48. The van der Waals surface area contributed by atoms with Crippen molar-refractivity contribution in [3.05, 3.63) is 39.7 Å². The Kier molecular flexibility index (Phi) is 6.56. The van der Waals surface area contributed by atoms with E-state index in [0.717, 1.165) is 48.6 Å². The van der Waals surface area contributed by atoms with Crippen LogP contribution in [0.1, 0.15) is 57.1 Å². The molecule has 1 N–H and O–H groups in total. The summed E-state index contributed by atoms with van der Waals surface area (Å²) in [7, 11) is 0. The molecule has 7 nitrogen and oxygen atoms in total. The Labute approximate surface area is 169 Å². The summed E-state index contributed by atoms with van der Waals surface area (Å²) >= 11 is 0. The number of ether oxygens (including phenoxy) is 1. The number of amides is 1. The first kappa shape index (κ1) is 20.9. The second kappa shape index (κ2) is 9.11. The first-order valence-electron chi connectivity index (χ1n) is 10.2. The maximum Gasteiger partial charge on any atom is 0.339 e. The Morgan fingerprint density at radius 2 is 1.97 bits per heavy atom. The quantitative estimate of drug-likeness (QED) is 0.678. The fourth-order valence-corrected chi connectivity index (χ4v) is 3.70. The zero-order valence-corrected chi connectivity index (χ0v) is 16.8. The van der Waals surface area contributed by atoms with Gasteiger partial charge in [-0.2, -0.15) is 0 Å². The van der Waals surface area contributed by atoms with Crippen molar-refractivity contribution in [2.45, 2.75) is 70.9 Å². The maximum absolute atomic E-state index is 12.3. The molecule has 0 spiro atoms. The number of hydrogen-bond donors (Lipinski definition) is 1. The number of hydrogen-bond acceptors (Lipinski definition) is 6. The van der Waals surface area contributed by atoms with Gasteiger partial charge >= 0.3 is 5.63 Å². The third-order valence-electron chi connectivity index (χ3n) is 5.32. The van der Waals surface area contributed by atoms with Crippen LogP contribution in [-0.2, 0) is 22.4 Å². The van der Waals surface area contributed by atoms with Crippen molar-refractivity contribution in [2.24, 2.45) is 0 Å². The Balaban J connectivity index is 1.74. The lowest BCUT2D eigenvalue weighted by Gasteiger charge is -2.22. The van der Waals surface area contributed by atoms with Gasteiger partial charge in [0.15, 0.2) is 6.10 Å². The highest BCUT2D eigenvalue weighted by molar-refractivity contribution is 5.86. The van der Waals surface area contributed by atoms with Crippen LogP contribution in [0.4, 0.5) is 0 Å².